The van der Waals surface area contributed by atoms with Gasteiger partial charge in [-0.25, -0.2) is 0 Å². The van der Waals surface area contributed by atoms with Crippen LogP contribution in [0.25, 0.3) is 0 Å². The molecule has 66 valence electrons. The van der Waals surface area contributed by atoms with Crippen LogP contribution in [0.2, 0.25) is 0 Å². The summed E-state index contributed by atoms with van der Waals surface area (Å²) in [6.45, 7) is 10.4. The second-order valence-corrected chi connectivity index (χ2v) is 4.58. The van der Waals surface area contributed by atoms with Gasteiger partial charge in [-0.1, -0.05) is 0 Å². The Kier molecular flexibility index (Phi) is 2.55. The topological polar surface area (TPSA) is 15.3 Å². The van der Waals surface area contributed by atoms with Gasteiger partial charge in [0.2, 0.25) is 0 Å². The van der Waals surface area contributed by atoms with Crippen molar-refractivity contribution in [3.63, 3.8) is 0 Å². The van der Waals surface area contributed by atoms with Crippen LogP contribution in [-0.4, -0.2) is 37.1 Å². The minimum absolute atomic E-state index is 0.329. The van der Waals surface area contributed by atoms with Crippen molar-refractivity contribution in [2.45, 2.75) is 26.3 Å². The van der Waals surface area contributed by atoms with Crippen molar-refractivity contribution in [3.05, 3.63) is 0 Å². The maximum Gasteiger partial charge on any atom is 0.0122 e. The van der Waals surface area contributed by atoms with E-state index in [0.29, 0.717) is 5.54 Å². The van der Waals surface area contributed by atoms with Crippen molar-refractivity contribution in [2.75, 3.05) is 26.7 Å². The van der Waals surface area contributed by atoms with E-state index in [2.05, 4.69) is 38.0 Å². The number of nitrogens with zero attached hydrogens (tertiary/aromatic N) is 1. The first kappa shape index (κ1) is 9.01. The highest BCUT2D eigenvalue weighted by molar-refractivity contribution is 4.81. The van der Waals surface area contributed by atoms with Crippen molar-refractivity contribution in [3.8, 4) is 0 Å². The molecule has 1 heterocycles. The summed E-state index contributed by atoms with van der Waals surface area (Å²) in [6, 6.07) is 0. The van der Waals surface area contributed by atoms with Crippen molar-refractivity contribution in [1.82, 2.24) is 10.2 Å². The zero-order valence-corrected chi connectivity index (χ0v) is 8.15. The van der Waals surface area contributed by atoms with E-state index in [4.69, 9.17) is 0 Å². The fourth-order valence-electron chi connectivity index (χ4n) is 1.14. The maximum absolute atomic E-state index is 3.29. The standard InChI is InChI=1S/C9H20N2/c1-9(2,3)11(4)7-8-5-10-6-8/h8,10H,5-7H2,1-4H3. The molecule has 2 heteroatoms. The Morgan fingerprint density at radius 3 is 2.18 bits per heavy atom. The Morgan fingerprint density at radius 2 is 1.91 bits per heavy atom. The largest absolute Gasteiger partial charge is 0.316 e. The lowest BCUT2D eigenvalue weighted by Gasteiger charge is -2.38. The lowest BCUT2D eigenvalue weighted by Crippen LogP contribution is -2.51. The highest BCUT2D eigenvalue weighted by atomic mass is 15.2. The minimum Gasteiger partial charge on any atom is -0.316 e. The minimum atomic E-state index is 0.329. The fraction of sp³-hybridized carbons (Fsp3) is 1.00. The van der Waals surface area contributed by atoms with Gasteiger partial charge in [0.05, 0.1) is 0 Å². The molecule has 0 aliphatic carbocycles. The first-order valence-corrected chi connectivity index (χ1v) is 4.42. The molecule has 0 atom stereocenters. The van der Waals surface area contributed by atoms with E-state index in [0.717, 1.165) is 5.92 Å². The average Bonchev–Trinajstić information content (AvgIpc) is 1.75. The highest BCUT2D eigenvalue weighted by Crippen LogP contribution is 2.14. The van der Waals surface area contributed by atoms with Gasteiger partial charge in [0.1, 0.15) is 0 Å². The summed E-state index contributed by atoms with van der Waals surface area (Å²) in [4.78, 5) is 2.43. The second-order valence-electron chi connectivity index (χ2n) is 4.58. The Bertz CT molecular complexity index is 122. The van der Waals surface area contributed by atoms with Gasteiger partial charge in [-0.2, -0.15) is 0 Å². The quantitative estimate of drug-likeness (QED) is 0.640. The van der Waals surface area contributed by atoms with Gasteiger partial charge in [0, 0.05) is 25.2 Å². The first-order chi connectivity index (χ1) is 5.00. The second kappa shape index (κ2) is 3.11. The zero-order chi connectivity index (χ0) is 8.48. The molecule has 2 nitrogen and oxygen atoms in total. The summed E-state index contributed by atoms with van der Waals surface area (Å²) in [6.07, 6.45) is 0. The van der Waals surface area contributed by atoms with Crippen LogP contribution in [-0.2, 0) is 0 Å². The predicted molar refractivity (Wildman–Crippen MR) is 48.7 cm³/mol. The molecule has 0 bridgehead atoms. The molecule has 1 N–H and O–H groups in total. The number of rotatable bonds is 2. The summed E-state index contributed by atoms with van der Waals surface area (Å²) in [7, 11) is 2.21. The van der Waals surface area contributed by atoms with Gasteiger partial charge in [0.15, 0.2) is 0 Å². The molecule has 0 radical (unpaired) electrons. The highest BCUT2D eigenvalue weighted by Gasteiger charge is 2.23. The molecule has 0 aromatic carbocycles. The number of hydrogen-bond donors (Lipinski definition) is 1. The Balaban J connectivity index is 2.24. The molecule has 0 amide bonds. The summed E-state index contributed by atoms with van der Waals surface area (Å²) in [5.74, 6) is 0.888. The summed E-state index contributed by atoms with van der Waals surface area (Å²) >= 11 is 0. The molecule has 1 aliphatic rings. The van der Waals surface area contributed by atoms with E-state index < -0.39 is 0 Å². The van der Waals surface area contributed by atoms with Gasteiger partial charge in [-0.05, 0) is 33.7 Å². The average molecular weight is 156 g/mol. The van der Waals surface area contributed by atoms with Crippen LogP contribution in [0.4, 0.5) is 0 Å². The van der Waals surface area contributed by atoms with Gasteiger partial charge in [-0.3, -0.25) is 0 Å². The molecule has 0 aromatic rings. The SMILES string of the molecule is CN(CC1CNC1)C(C)(C)C. The third kappa shape index (κ3) is 2.46. The summed E-state index contributed by atoms with van der Waals surface area (Å²) in [5.41, 5.74) is 0.329. The molecule has 0 spiro atoms. The third-order valence-corrected chi connectivity index (χ3v) is 2.54. The third-order valence-electron chi connectivity index (χ3n) is 2.54. The van der Waals surface area contributed by atoms with Crippen molar-refractivity contribution in [1.29, 1.82) is 0 Å². The van der Waals surface area contributed by atoms with Crippen LogP contribution in [0.15, 0.2) is 0 Å². The summed E-state index contributed by atoms with van der Waals surface area (Å²) in [5, 5.41) is 3.29. The Labute approximate surface area is 70.0 Å². The van der Waals surface area contributed by atoms with Gasteiger partial charge in [-0.15, -0.1) is 0 Å². The maximum atomic E-state index is 3.29. The lowest BCUT2D eigenvalue weighted by molar-refractivity contribution is 0.129. The normalized spacial score (nSPS) is 20.5. The molecule has 11 heavy (non-hydrogen) atoms. The van der Waals surface area contributed by atoms with E-state index in [9.17, 15) is 0 Å². The smallest absolute Gasteiger partial charge is 0.0122 e. The molecule has 1 saturated heterocycles. The summed E-state index contributed by atoms with van der Waals surface area (Å²) < 4.78 is 0. The fourth-order valence-corrected chi connectivity index (χ4v) is 1.14. The van der Waals surface area contributed by atoms with Crippen molar-refractivity contribution in [2.24, 2.45) is 5.92 Å². The molecule has 0 aromatic heterocycles. The number of nitrogens with one attached hydrogen (secondary N) is 1. The lowest BCUT2D eigenvalue weighted by atomic mass is 9.99. The molecule has 1 fully saturated rings. The van der Waals surface area contributed by atoms with Crippen LogP contribution in [0.1, 0.15) is 20.8 Å². The zero-order valence-electron chi connectivity index (χ0n) is 8.15. The first-order valence-electron chi connectivity index (χ1n) is 4.42. The van der Waals surface area contributed by atoms with Crippen LogP contribution in [0.3, 0.4) is 0 Å². The molecule has 0 unspecified atom stereocenters. The number of hydrogen-bond acceptors (Lipinski definition) is 2. The van der Waals surface area contributed by atoms with Crippen molar-refractivity contribution < 1.29 is 0 Å². The molecule has 1 rings (SSSR count). The monoisotopic (exact) mass is 156 g/mol. The van der Waals surface area contributed by atoms with E-state index in [1.165, 1.54) is 19.6 Å². The van der Waals surface area contributed by atoms with E-state index in [-0.39, 0.29) is 0 Å². The van der Waals surface area contributed by atoms with Crippen LogP contribution in [0, 0.1) is 5.92 Å². The van der Waals surface area contributed by atoms with Crippen LogP contribution in [0.5, 0.6) is 0 Å². The van der Waals surface area contributed by atoms with Crippen molar-refractivity contribution >= 4 is 0 Å². The Hall–Kier alpha value is -0.0800. The predicted octanol–water partition coefficient (Wildman–Crippen LogP) is 0.936. The molecular formula is C9H20N2. The van der Waals surface area contributed by atoms with Crippen LogP contribution < -0.4 is 5.32 Å². The van der Waals surface area contributed by atoms with Gasteiger partial charge < -0.3 is 10.2 Å². The Morgan fingerprint density at radius 1 is 1.36 bits per heavy atom. The van der Waals surface area contributed by atoms with Gasteiger partial charge >= 0.3 is 0 Å². The molecular weight excluding hydrogens is 136 g/mol. The van der Waals surface area contributed by atoms with E-state index in [1.807, 2.05) is 0 Å². The van der Waals surface area contributed by atoms with Crippen LogP contribution >= 0.6 is 0 Å². The molecule has 0 saturated carbocycles. The van der Waals surface area contributed by atoms with Gasteiger partial charge in [0.25, 0.3) is 0 Å². The van der Waals surface area contributed by atoms with E-state index in [1.54, 1.807) is 0 Å². The molecule has 1 aliphatic heterocycles. The van der Waals surface area contributed by atoms with E-state index >= 15 is 0 Å².